The first-order valence-corrected chi connectivity index (χ1v) is 7.75. The molecule has 2 rings (SSSR count). The lowest BCUT2D eigenvalue weighted by atomic mass is 10.2. The third kappa shape index (κ3) is 4.00. The lowest BCUT2D eigenvalue weighted by Crippen LogP contribution is -1.98. The van der Waals surface area contributed by atoms with Gasteiger partial charge in [0, 0.05) is 21.7 Å². The summed E-state index contributed by atoms with van der Waals surface area (Å²) in [6.07, 6.45) is 0. The number of halogens is 1. The summed E-state index contributed by atoms with van der Waals surface area (Å²) in [5, 5.41) is 0. The Morgan fingerprint density at radius 1 is 1.16 bits per heavy atom. The predicted octanol–water partition coefficient (Wildman–Crippen LogP) is 4.21. The van der Waals surface area contributed by atoms with Crippen molar-refractivity contribution in [3.8, 4) is 5.75 Å². The molecule has 0 unspecified atom stereocenters. The van der Waals surface area contributed by atoms with E-state index in [0.29, 0.717) is 6.54 Å². The minimum absolute atomic E-state index is 0.568. The molecule has 0 aliphatic carbocycles. The van der Waals surface area contributed by atoms with Crippen LogP contribution in [0.1, 0.15) is 11.1 Å². The molecule has 0 atom stereocenters. The highest BCUT2D eigenvalue weighted by molar-refractivity contribution is 9.10. The zero-order valence-electron chi connectivity index (χ0n) is 10.7. The Morgan fingerprint density at radius 2 is 1.89 bits per heavy atom. The molecule has 0 amide bonds. The molecule has 0 spiro atoms. The number of benzene rings is 2. The van der Waals surface area contributed by atoms with E-state index in [1.165, 1.54) is 16.0 Å². The number of nitrogens with two attached hydrogens (primary N) is 1. The SMILES string of the molecule is COc1ccc(CSc2cc(Br)ccc2CN)cc1. The minimum atomic E-state index is 0.568. The minimum Gasteiger partial charge on any atom is -0.497 e. The summed E-state index contributed by atoms with van der Waals surface area (Å²) < 4.78 is 6.24. The molecular weight excluding hydrogens is 322 g/mol. The molecular formula is C15H16BrNOS. The van der Waals surface area contributed by atoms with Gasteiger partial charge in [-0.05, 0) is 35.4 Å². The molecule has 0 fully saturated rings. The summed E-state index contributed by atoms with van der Waals surface area (Å²) >= 11 is 5.30. The second-order valence-corrected chi connectivity index (χ2v) is 6.03. The van der Waals surface area contributed by atoms with Crippen molar-refractivity contribution in [1.82, 2.24) is 0 Å². The largest absolute Gasteiger partial charge is 0.497 e. The normalized spacial score (nSPS) is 10.5. The van der Waals surface area contributed by atoms with Crippen molar-refractivity contribution in [2.75, 3.05) is 7.11 Å². The quantitative estimate of drug-likeness (QED) is 0.830. The molecule has 0 radical (unpaired) electrons. The number of ether oxygens (including phenoxy) is 1. The first kappa shape index (κ1) is 14.4. The molecule has 0 heterocycles. The maximum absolute atomic E-state index is 5.76. The fourth-order valence-corrected chi connectivity index (χ4v) is 3.29. The van der Waals surface area contributed by atoms with Gasteiger partial charge in [0.25, 0.3) is 0 Å². The first-order valence-electron chi connectivity index (χ1n) is 5.97. The van der Waals surface area contributed by atoms with Gasteiger partial charge < -0.3 is 10.5 Å². The van der Waals surface area contributed by atoms with Crippen molar-refractivity contribution in [3.05, 3.63) is 58.1 Å². The van der Waals surface area contributed by atoms with Crippen molar-refractivity contribution >= 4 is 27.7 Å². The summed E-state index contributed by atoms with van der Waals surface area (Å²) in [5.74, 6) is 1.81. The zero-order chi connectivity index (χ0) is 13.7. The molecule has 0 aliphatic heterocycles. The van der Waals surface area contributed by atoms with Crippen LogP contribution in [0.15, 0.2) is 51.8 Å². The van der Waals surface area contributed by atoms with Crippen LogP contribution in [0.3, 0.4) is 0 Å². The molecule has 0 aliphatic rings. The zero-order valence-corrected chi connectivity index (χ0v) is 13.1. The highest BCUT2D eigenvalue weighted by atomic mass is 79.9. The summed E-state index contributed by atoms with van der Waals surface area (Å²) in [6.45, 7) is 0.568. The fraction of sp³-hybridized carbons (Fsp3) is 0.200. The van der Waals surface area contributed by atoms with Gasteiger partial charge in [0.15, 0.2) is 0 Å². The summed E-state index contributed by atoms with van der Waals surface area (Å²) in [5.41, 5.74) is 8.22. The van der Waals surface area contributed by atoms with Crippen molar-refractivity contribution in [1.29, 1.82) is 0 Å². The molecule has 2 aromatic rings. The van der Waals surface area contributed by atoms with Crippen LogP contribution >= 0.6 is 27.7 Å². The number of hydrogen-bond donors (Lipinski definition) is 1. The van der Waals surface area contributed by atoms with E-state index >= 15 is 0 Å². The van der Waals surface area contributed by atoms with Crippen molar-refractivity contribution in [2.24, 2.45) is 5.73 Å². The Morgan fingerprint density at radius 3 is 2.53 bits per heavy atom. The van der Waals surface area contributed by atoms with Gasteiger partial charge in [-0.3, -0.25) is 0 Å². The monoisotopic (exact) mass is 337 g/mol. The van der Waals surface area contributed by atoms with Gasteiger partial charge >= 0.3 is 0 Å². The lowest BCUT2D eigenvalue weighted by molar-refractivity contribution is 0.414. The predicted molar refractivity (Wildman–Crippen MR) is 84.6 cm³/mol. The first-order chi connectivity index (χ1) is 9.22. The van der Waals surface area contributed by atoms with Crippen molar-refractivity contribution in [2.45, 2.75) is 17.2 Å². The molecule has 0 bridgehead atoms. The molecule has 100 valence electrons. The molecule has 2 nitrogen and oxygen atoms in total. The Hall–Kier alpha value is -0.970. The maximum Gasteiger partial charge on any atom is 0.118 e. The summed E-state index contributed by atoms with van der Waals surface area (Å²) in [7, 11) is 1.68. The maximum atomic E-state index is 5.76. The van der Waals surface area contributed by atoms with E-state index in [-0.39, 0.29) is 0 Å². The average Bonchev–Trinajstić information content (AvgIpc) is 2.46. The van der Waals surface area contributed by atoms with Gasteiger partial charge in [0.2, 0.25) is 0 Å². The van der Waals surface area contributed by atoms with E-state index < -0.39 is 0 Å². The van der Waals surface area contributed by atoms with E-state index in [1.807, 2.05) is 18.2 Å². The van der Waals surface area contributed by atoms with E-state index in [9.17, 15) is 0 Å². The highest BCUT2D eigenvalue weighted by Gasteiger charge is 2.03. The van der Waals surface area contributed by atoms with Gasteiger partial charge in [-0.1, -0.05) is 34.1 Å². The van der Waals surface area contributed by atoms with Gasteiger partial charge in [0.1, 0.15) is 5.75 Å². The van der Waals surface area contributed by atoms with Crippen LogP contribution in [-0.4, -0.2) is 7.11 Å². The van der Waals surface area contributed by atoms with Gasteiger partial charge in [0.05, 0.1) is 7.11 Å². The smallest absolute Gasteiger partial charge is 0.118 e. The molecule has 19 heavy (non-hydrogen) atoms. The van der Waals surface area contributed by atoms with Gasteiger partial charge in [-0.2, -0.15) is 0 Å². The Bertz CT molecular complexity index is 542. The summed E-state index contributed by atoms with van der Waals surface area (Å²) in [6, 6.07) is 14.4. The third-order valence-corrected chi connectivity index (χ3v) is 4.46. The second-order valence-electron chi connectivity index (χ2n) is 4.09. The standard InChI is InChI=1S/C15H16BrNOS/c1-18-14-6-2-11(3-7-14)10-19-15-8-13(16)5-4-12(15)9-17/h2-8H,9-10,17H2,1H3. The van der Waals surface area contributed by atoms with Gasteiger partial charge in [-0.25, -0.2) is 0 Å². The van der Waals surface area contributed by atoms with Crippen LogP contribution in [0.5, 0.6) is 5.75 Å². The van der Waals surface area contributed by atoms with E-state index in [0.717, 1.165) is 16.0 Å². The lowest BCUT2D eigenvalue weighted by Gasteiger charge is -2.08. The van der Waals surface area contributed by atoms with E-state index in [1.54, 1.807) is 18.9 Å². The average molecular weight is 338 g/mol. The van der Waals surface area contributed by atoms with Crippen LogP contribution in [-0.2, 0) is 12.3 Å². The van der Waals surface area contributed by atoms with Crippen LogP contribution < -0.4 is 10.5 Å². The molecule has 0 aromatic heterocycles. The molecule has 0 saturated heterocycles. The van der Waals surface area contributed by atoms with E-state index in [2.05, 4.69) is 40.2 Å². The Labute approximate surface area is 126 Å². The highest BCUT2D eigenvalue weighted by Crippen LogP contribution is 2.29. The number of hydrogen-bond acceptors (Lipinski definition) is 3. The van der Waals surface area contributed by atoms with Crippen molar-refractivity contribution in [3.63, 3.8) is 0 Å². The number of methoxy groups -OCH3 is 1. The van der Waals surface area contributed by atoms with E-state index in [4.69, 9.17) is 10.5 Å². The topological polar surface area (TPSA) is 35.2 Å². The molecule has 2 N–H and O–H groups in total. The van der Waals surface area contributed by atoms with Crippen LogP contribution in [0.25, 0.3) is 0 Å². The fourth-order valence-electron chi connectivity index (χ4n) is 1.71. The second kappa shape index (κ2) is 6.98. The number of rotatable bonds is 5. The third-order valence-electron chi connectivity index (χ3n) is 2.80. The van der Waals surface area contributed by atoms with Crippen LogP contribution in [0.2, 0.25) is 0 Å². The Balaban J connectivity index is 2.07. The van der Waals surface area contributed by atoms with Crippen LogP contribution in [0.4, 0.5) is 0 Å². The molecule has 4 heteroatoms. The number of thioether (sulfide) groups is 1. The molecule has 0 saturated carbocycles. The van der Waals surface area contributed by atoms with Crippen molar-refractivity contribution < 1.29 is 4.74 Å². The molecule has 2 aromatic carbocycles. The summed E-state index contributed by atoms with van der Waals surface area (Å²) in [4.78, 5) is 1.23. The Kier molecular flexibility index (Phi) is 5.31. The van der Waals surface area contributed by atoms with Crippen LogP contribution in [0, 0.1) is 0 Å². The van der Waals surface area contributed by atoms with Gasteiger partial charge in [-0.15, -0.1) is 11.8 Å².